The second-order valence-corrected chi connectivity index (χ2v) is 5.39. The summed E-state index contributed by atoms with van der Waals surface area (Å²) >= 11 is 1.39. The monoisotopic (exact) mass is 274 g/mol. The van der Waals surface area contributed by atoms with Gasteiger partial charge in [-0.25, -0.2) is 0 Å². The van der Waals surface area contributed by atoms with Crippen molar-refractivity contribution in [2.75, 3.05) is 11.9 Å². The first kappa shape index (κ1) is 12.3. The van der Waals surface area contributed by atoms with Crippen molar-refractivity contribution >= 4 is 22.4 Å². The third kappa shape index (κ3) is 2.80. The van der Waals surface area contributed by atoms with Gasteiger partial charge in [0.2, 0.25) is 11.0 Å². The van der Waals surface area contributed by atoms with Crippen LogP contribution in [0.25, 0.3) is 10.6 Å². The van der Waals surface area contributed by atoms with Gasteiger partial charge in [0.15, 0.2) is 0 Å². The van der Waals surface area contributed by atoms with Crippen LogP contribution in [0.15, 0.2) is 30.3 Å². The molecule has 1 aliphatic rings. The molecule has 0 radical (unpaired) electrons. The zero-order valence-electron chi connectivity index (χ0n) is 10.3. The fourth-order valence-electron chi connectivity index (χ4n) is 2.07. The molecule has 2 heterocycles. The van der Waals surface area contributed by atoms with Gasteiger partial charge in [-0.2, -0.15) is 0 Å². The number of amides is 1. The van der Waals surface area contributed by atoms with Crippen molar-refractivity contribution in [2.24, 2.45) is 0 Å². The van der Waals surface area contributed by atoms with E-state index in [0.29, 0.717) is 5.13 Å². The second-order valence-electron chi connectivity index (χ2n) is 4.42. The molecule has 6 heteroatoms. The van der Waals surface area contributed by atoms with Gasteiger partial charge in [-0.3, -0.25) is 10.1 Å². The summed E-state index contributed by atoms with van der Waals surface area (Å²) in [7, 11) is 0. The molecule has 0 aliphatic carbocycles. The minimum Gasteiger partial charge on any atom is -0.306 e. The first-order chi connectivity index (χ1) is 9.33. The van der Waals surface area contributed by atoms with Crippen LogP contribution in [0.5, 0.6) is 0 Å². The van der Waals surface area contributed by atoms with E-state index in [1.165, 1.54) is 11.3 Å². The van der Waals surface area contributed by atoms with Gasteiger partial charge in [0, 0.05) is 5.56 Å². The summed E-state index contributed by atoms with van der Waals surface area (Å²) in [4.78, 5) is 11.9. The Morgan fingerprint density at radius 2 is 2.16 bits per heavy atom. The Labute approximate surface area is 115 Å². The van der Waals surface area contributed by atoms with Crippen molar-refractivity contribution in [3.8, 4) is 10.6 Å². The second kappa shape index (κ2) is 5.46. The van der Waals surface area contributed by atoms with E-state index in [9.17, 15) is 4.79 Å². The van der Waals surface area contributed by atoms with Gasteiger partial charge in [0.1, 0.15) is 5.01 Å². The molecular formula is C13H14N4OS. The normalized spacial score (nSPS) is 18.4. The molecule has 3 rings (SSSR count). The Morgan fingerprint density at radius 1 is 1.32 bits per heavy atom. The van der Waals surface area contributed by atoms with Crippen molar-refractivity contribution in [3.05, 3.63) is 30.3 Å². The lowest BCUT2D eigenvalue weighted by Gasteiger charge is -2.07. The molecule has 0 bridgehead atoms. The molecule has 1 amide bonds. The van der Waals surface area contributed by atoms with Crippen molar-refractivity contribution in [3.63, 3.8) is 0 Å². The van der Waals surface area contributed by atoms with Gasteiger partial charge >= 0.3 is 0 Å². The molecule has 1 aromatic carbocycles. The number of nitrogens with one attached hydrogen (secondary N) is 2. The number of hydrogen-bond donors (Lipinski definition) is 2. The van der Waals surface area contributed by atoms with E-state index in [0.717, 1.165) is 30.0 Å². The topological polar surface area (TPSA) is 66.9 Å². The molecule has 2 aromatic rings. The Hall–Kier alpha value is -1.79. The zero-order chi connectivity index (χ0) is 13.1. The van der Waals surface area contributed by atoms with Gasteiger partial charge in [-0.05, 0) is 19.4 Å². The van der Waals surface area contributed by atoms with Crippen LogP contribution in [0.2, 0.25) is 0 Å². The summed E-state index contributed by atoms with van der Waals surface area (Å²) in [6.07, 6.45) is 1.93. The third-order valence-electron chi connectivity index (χ3n) is 3.05. The van der Waals surface area contributed by atoms with Gasteiger partial charge in [0.05, 0.1) is 6.04 Å². The molecule has 0 saturated carbocycles. The molecule has 0 unspecified atom stereocenters. The van der Waals surface area contributed by atoms with Crippen LogP contribution >= 0.6 is 11.3 Å². The molecule has 1 fully saturated rings. The standard InChI is InChI=1S/C13H14N4OS/c18-11(10-7-4-8-14-10)15-13-17-16-12(19-13)9-5-2-1-3-6-9/h1-3,5-6,10,14H,4,7-8H2,(H,15,17,18)/t10-/m1/s1. The van der Waals surface area contributed by atoms with Crippen LogP contribution < -0.4 is 10.6 Å². The van der Waals surface area contributed by atoms with E-state index < -0.39 is 0 Å². The highest BCUT2D eigenvalue weighted by molar-refractivity contribution is 7.18. The molecule has 5 nitrogen and oxygen atoms in total. The van der Waals surface area contributed by atoms with Crippen LogP contribution in [0.1, 0.15) is 12.8 Å². The highest BCUT2D eigenvalue weighted by atomic mass is 32.1. The Bertz CT molecular complexity index is 563. The molecule has 19 heavy (non-hydrogen) atoms. The summed E-state index contributed by atoms with van der Waals surface area (Å²) in [5, 5.41) is 15.5. The van der Waals surface area contributed by atoms with Crippen LogP contribution in [0, 0.1) is 0 Å². The number of carbonyl (C=O) groups excluding carboxylic acids is 1. The Balaban J connectivity index is 1.70. The maximum absolute atomic E-state index is 11.9. The van der Waals surface area contributed by atoms with Crippen LogP contribution in [0.3, 0.4) is 0 Å². The van der Waals surface area contributed by atoms with E-state index in [1.807, 2.05) is 30.3 Å². The van der Waals surface area contributed by atoms with E-state index in [2.05, 4.69) is 20.8 Å². The SMILES string of the molecule is O=C(Nc1nnc(-c2ccccc2)s1)[C@H]1CCCN1. The molecule has 1 aromatic heterocycles. The van der Waals surface area contributed by atoms with E-state index in [-0.39, 0.29) is 11.9 Å². The lowest BCUT2D eigenvalue weighted by molar-refractivity contribution is -0.117. The molecule has 98 valence electrons. The summed E-state index contributed by atoms with van der Waals surface area (Å²) in [6, 6.07) is 9.73. The quantitative estimate of drug-likeness (QED) is 0.897. The summed E-state index contributed by atoms with van der Waals surface area (Å²) < 4.78 is 0. The molecule has 1 atom stereocenters. The van der Waals surface area contributed by atoms with Crippen LogP contribution in [-0.2, 0) is 4.79 Å². The Kier molecular flexibility index (Phi) is 3.52. The van der Waals surface area contributed by atoms with E-state index in [1.54, 1.807) is 0 Å². The van der Waals surface area contributed by atoms with Gasteiger partial charge < -0.3 is 5.32 Å². The first-order valence-electron chi connectivity index (χ1n) is 6.26. The summed E-state index contributed by atoms with van der Waals surface area (Å²) in [5.41, 5.74) is 1.01. The average Bonchev–Trinajstić information content (AvgIpc) is 3.11. The van der Waals surface area contributed by atoms with Crippen molar-refractivity contribution in [1.29, 1.82) is 0 Å². The summed E-state index contributed by atoms with van der Waals surface area (Å²) in [5.74, 6) is -0.0201. The number of benzene rings is 1. The predicted octanol–water partition coefficient (Wildman–Crippen LogP) is 1.90. The first-order valence-corrected chi connectivity index (χ1v) is 7.08. The molecule has 2 N–H and O–H groups in total. The van der Waals surface area contributed by atoms with E-state index in [4.69, 9.17) is 0 Å². The largest absolute Gasteiger partial charge is 0.306 e. The summed E-state index contributed by atoms with van der Waals surface area (Å²) in [6.45, 7) is 0.906. The maximum atomic E-state index is 11.9. The van der Waals surface area contributed by atoms with Crippen molar-refractivity contribution in [2.45, 2.75) is 18.9 Å². The Morgan fingerprint density at radius 3 is 2.89 bits per heavy atom. The third-order valence-corrected chi connectivity index (χ3v) is 3.94. The number of hydrogen-bond acceptors (Lipinski definition) is 5. The van der Waals surface area contributed by atoms with Gasteiger partial charge in [-0.1, -0.05) is 41.7 Å². The van der Waals surface area contributed by atoms with Gasteiger partial charge in [-0.15, -0.1) is 10.2 Å². The number of nitrogens with zero attached hydrogens (tertiary/aromatic N) is 2. The highest BCUT2D eigenvalue weighted by Crippen LogP contribution is 2.26. The fraction of sp³-hybridized carbons (Fsp3) is 0.308. The number of rotatable bonds is 3. The molecule has 0 spiro atoms. The minimum absolute atomic E-state index is 0.0201. The highest BCUT2D eigenvalue weighted by Gasteiger charge is 2.22. The van der Waals surface area contributed by atoms with Crippen LogP contribution in [-0.4, -0.2) is 28.7 Å². The lowest BCUT2D eigenvalue weighted by atomic mass is 10.2. The maximum Gasteiger partial charge on any atom is 0.243 e. The number of anilines is 1. The number of carbonyl (C=O) groups is 1. The van der Waals surface area contributed by atoms with Crippen molar-refractivity contribution < 1.29 is 4.79 Å². The molecule has 1 saturated heterocycles. The number of aromatic nitrogens is 2. The van der Waals surface area contributed by atoms with Gasteiger partial charge in [0.25, 0.3) is 0 Å². The molecular weight excluding hydrogens is 260 g/mol. The van der Waals surface area contributed by atoms with Crippen LogP contribution in [0.4, 0.5) is 5.13 Å². The predicted molar refractivity (Wildman–Crippen MR) is 75.0 cm³/mol. The van der Waals surface area contributed by atoms with Crippen molar-refractivity contribution in [1.82, 2.24) is 15.5 Å². The zero-order valence-corrected chi connectivity index (χ0v) is 11.1. The smallest absolute Gasteiger partial charge is 0.243 e. The fourth-order valence-corrected chi connectivity index (χ4v) is 2.82. The average molecular weight is 274 g/mol. The lowest BCUT2D eigenvalue weighted by Crippen LogP contribution is -2.35. The minimum atomic E-state index is -0.0934. The molecule has 1 aliphatic heterocycles. The van der Waals surface area contributed by atoms with E-state index >= 15 is 0 Å².